The molecule has 0 aromatic heterocycles. The fourth-order valence-corrected chi connectivity index (χ4v) is 2.87. The largest absolute Gasteiger partial charge is 0.481 e. The van der Waals surface area contributed by atoms with E-state index in [9.17, 15) is 14.0 Å². The molecule has 0 spiro atoms. The van der Waals surface area contributed by atoms with E-state index < -0.39 is 29.8 Å². The topological polar surface area (TPSA) is 78.4 Å². The molecule has 2 amide bonds. The van der Waals surface area contributed by atoms with Crippen LogP contribution >= 0.6 is 15.9 Å². The smallest absolute Gasteiger partial charge is 0.319 e. The van der Waals surface area contributed by atoms with Crippen LogP contribution in [0.5, 0.6) is 0 Å². The second-order valence-corrected chi connectivity index (χ2v) is 5.91. The Morgan fingerprint density at radius 2 is 2.00 bits per heavy atom. The van der Waals surface area contributed by atoms with Gasteiger partial charge in [0.15, 0.2) is 0 Å². The summed E-state index contributed by atoms with van der Waals surface area (Å²) < 4.78 is 13.7. The lowest BCUT2D eigenvalue weighted by Crippen LogP contribution is -2.46. The average molecular weight is 359 g/mol. The number of benzene rings is 1. The van der Waals surface area contributed by atoms with Crippen molar-refractivity contribution in [2.45, 2.75) is 31.7 Å². The van der Waals surface area contributed by atoms with E-state index in [1.54, 1.807) is 0 Å². The Hall–Kier alpha value is -1.63. The molecule has 0 aliphatic heterocycles. The Labute approximate surface area is 130 Å². The quantitative estimate of drug-likeness (QED) is 0.775. The summed E-state index contributed by atoms with van der Waals surface area (Å²) in [5.74, 6) is -1.93. The van der Waals surface area contributed by atoms with Gasteiger partial charge in [-0.3, -0.25) is 4.79 Å². The number of carbonyl (C=O) groups excluding carboxylic acids is 1. The van der Waals surface area contributed by atoms with Crippen LogP contribution in [0.1, 0.15) is 25.7 Å². The van der Waals surface area contributed by atoms with Gasteiger partial charge in [0, 0.05) is 10.5 Å². The second kappa shape index (κ2) is 6.89. The molecule has 0 saturated heterocycles. The zero-order valence-electron chi connectivity index (χ0n) is 11.2. The van der Waals surface area contributed by atoms with Crippen molar-refractivity contribution in [3.8, 4) is 0 Å². The van der Waals surface area contributed by atoms with Gasteiger partial charge in [0.05, 0.1) is 11.6 Å². The number of urea groups is 1. The number of hydrogen-bond acceptors (Lipinski definition) is 2. The van der Waals surface area contributed by atoms with Gasteiger partial charge in [0.1, 0.15) is 5.82 Å². The van der Waals surface area contributed by atoms with Crippen molar-refractivity contribution in [3.63, 3.8) is 0 Å². The van der Waals surface area contributed by atoms with Crippen molar-refractivity contribution in [1.82, 2.24) is 5.32 Å². The first-order chi connectivity index (χ1) is 9.97. The van der Waals surface area contributed by atoms with Crippen LogP contribution in [0.2, 0.25) is 0 Å². The SMILES string of the molecule is O=C(Nc1cc(F)ccc1Br)NC1CCCCC1C(=O)O. The number of nitrogens with one attached hydrogen (secondary N) is 2. The molecule has 1 saturated carbocycles. The predicted molar refractivity (Wildman–Crippen MR) is 79.6 cm³/mol. The zero-order valence-corrected chi connectivity index (χ0v) is 12.8. The third kappa shape index (κ3) is 4.17. The second-order valence-electron chi connectivity index (χ2n) is 5.06. The summed E-state index contributed by atoms with van der Waals surface area (Å²) in [5, 5.41) is 14.4. The third-order valence-corrected chi connectivity index (χ3v) is 4.27. The van der Waals surface area contributed by atoms with E-state index in [4.69, 9.17) is 5.11 Å². The number of carbonyl (C=O) groups is 2. The standard InChI is InChI=1S/C14H16BrFN2O3/c15-10-6-5-8(16)7-12(10)18-14(21)17-11-4-2-1-3-9(11)13(19)20/h5-7,9,11H,1-4H2,(H,19,20)(H2,17,18,21). The van der Waals surface area contributed by atoms with E-state index >= 15 is 0 Å². The molecule has 1 fully saturated rings. The van der Waals surface area contributed by atoms with E-state index in [2.05, 4.69) is 26.6 Å². The van der Waals surface area contributed by atoms with Crippen molar-refractivity contribution >= 4 is 33.6 Å². The fourth-order valence-electron chi connectivity index (χ4n) is 2.52. The average Bonchev–Trinajstić information content (AvgIpc) is 2.43. The van der Waals surface area contributed by atoms with Crippen molar-refractivity contribution in [3.05, 3.63) is 28.5 Å². The highest BCUT2D eigenvalue weighted by Crippen LogP contribution is 2.26. The number of anilines is 1. The maximum absolute atomic E-state index is 13.2. The Kier molecular flexibility index (Phi) is 5.17. The van der Waals surface area contributed by atoms with Gasteiger partial charge in [-0.1, -0.05) is 12.8 Å². The van der Waals surface area contributed by atoms with Crippen LogP contribution in [-0.4, -0.2) is 23.1 Å². The van der Waals surface area contributed by atoms with E-state index in [0.29, 0.717) is 23.0 Å². The lowest BCUT2D eigenvalue weighted by molar-refractivity contribution is -0.143. The van der Waals surface area contributed by atoms with Gasteiger partial charge < -0.3 is 15.7 Å². The van der Waals surface area contributed by atoms with Crippen LogP contribution in [-0.2, 0) is 4.79 Å². The molecule has 1 aliphatic carbocycles. The maximum atomic E-state index is 13.2. The lowest BCUT2D eigenvalue weighted by atomic mass is 9.84. The first kappa shape index (κ1) is 15.8. The highest BCUT2D eigenvalue weighted by molar-refractivity contribution is 9.10. The van der Waals surface area contributed by atoms with Gasteiger partial charge in [-0.25, -0.2) is 9.18 Å². The van der Waals surface area contributed by atoms with Crippen molar-refractivity contribution < 1.29 is 19.1 Å². The molecule has 1 aromatic rings. The first-order valence-electron chi connectivity index (χ1n) is 6.73. The van der Waals surface area contributed by atoms with Gasteiger partial charge in [-0.05, 0) is 47.0 Å². The van der Waals surface area contributed by atoms with Crippen LogP contribution in [0.25, 0.3) is 0 Å². The number of hydrogen-bond donors (Lipinski definition) is 3. The van der Waals surface area contributed by atoms with Gasteiger partial charge >= 0.3 is 12.0 Å². The molecular weight excluding hydrogens is 343 g/mol. The highest BCUT2D eigenvalue weighted by Gasteiger charge is 2.31. The van der Waals surface area contributed by atoms with Crippen LogP contribution in [0.4, 0.5) is 14.9 Å². The Morgan fingerprint density at radius 3 is 2.71 bits per heavy atom. The van der Waals surface area contributed by atoms with E-state index in [0.717, 1.165) is 12.8 Å². The molecule has 1 aliphatic rings. The molecule has 0 radical (unpaired) electrons. The molecular formula is C14H16BrFN2O3. The van der Waals surface area contributed by atoms with Crippen molar-refractivity contribution in [2.24, 2.45) is 5.92 Å². The zero-order chi connectivity index (χ0) is 15.4. The number of amides is 2. The number of aliphatic carboxylic acids is 1. The minimum atomic E-state index is -0.896. The summed E-state index contributed by atoms with van der Waals surface area (Å²) in [4.78, 5) is 23.1. The summed E-state index contributed by atoms with van der Waals surface area (Å²) in [5.41, 5.74) is 0.301. The highest BCUT2D eigenvalue weighted by atomic mass is 79.9. The van der Waals surface area contributed by atoms with E-state index in [1.807, 2.05) is 0 Å². The molecule has 2 atom stereocenters. The maximum Gasteiger partial charge on any atom is 0.319 e. The molecule has 1 aromatic carbocycles. The molecule has 0 heterocycles. The normalized spacial score (nSPS) is 21.6. The van der Waals surface area contributed by atoms with Crippen molar-refractivity contribution in [1.29, 1.82) is 0 Å². The minimum absolute atomic E-state index is 0.301. The Morgan fingerprint density at radius 1 is 1.29 bits per heavy atom. The van der Waals surface area contributed by atoms with Crippen LogP contribution in [0, 0.1) is 11.7 Å². The summed E-state index contributed by atoms with van der Waals surface area (Å²) in [7, 11) is 0. The van der Waals surface area contributed by atoms with E-state index in [1.165, 1.54) is 18.2 Å². The Bertz CT molecular complexity index is 553. The molecule has 7 heteroatoms. The molecule has 2 rings (SSSR count). The van der Waals surface area contributed by atoms with Gasteiger partial charge in [0.2, 0.25) is 0 Å². The first-order valence-corrected chi connectivity index (χ1v) is 7.52. The monoisotopic (exact) mass is 358 g/mol. The van der Waals surface area contributed by atoms with Crippen LogP contribution in [0.15, 0.2) is 22.7 Å². The van der Waals surface area contributed by atoms with E-state index in [-0.39, 0.29) is 0 Å². The van der Waals surface area contributed by atoms with Crippen LogP contribution < -0.4 is 10.6 Å². The van der Waals surface area contributed by atoms with Gasteiger partial charge in [-0.15, -0.1) is 0 Å². The molecule has 2 unspecified atom stereocenters. The van der Waals surface area contributed by atoms with Crippen molar-refractivity contribution in [2.75, 3.05) is 5.32 Å². The number of carboxylic acids is 1. The predicted octanol–water partition coefficient (Wildman–Crippen LogP) is 3.35. The molecule has 3 N–H and O–H groups in total. The van der Waals surface area contributed by atoms with Crippen LogP contribution in [0.3, 0.4) is 0 Å². The third-order valence-electron chi connectivity index (χ3n) is 3.58. The van der Waals surface area contributed by atoms with Gasteiger partial charge in [0.25, 0.3) is 0 Å². The number of halogens is 2. The summed E-state index contributed by atoms with van der Waals surface area (Å²) >= 11 is 3.22. The summed E-state index contributed by atoms with van der Waals surface area (Å²) in [6, 6.07) is 3.03. The number of carboxylic acid groups (broad SMARTS) is 1. The molecule has 114 valence electrons. The minimum Gasteiger partial charge on any atom is -0.481 e. The number of rotatable bonds is 3. The molecule has 21 heavy (non-hydrogen) atoms. The Balaban J connectivity index is 2.00. The molecule has 5 nitrogen and oxygen atoms in total. The summed E-state index contributed by atoms with van der Waals surface area (Å²) in [6.07, 6.45) is 2.93. The lowest BCUT2D eigenvalue weighted by Gasteiger charge is -2.29. The fraction of sp³-hybridized carbons (Fsp3) is 0.429. The van der Waals surface area contributed by atoms with Gasteiger partial charge in [-0.2, -0.15) is 0 Å². The summed E-state index contributed by atoms with van der Waals surface area (Å²) in [6.45, 7) is 0. The molecule has 0 bridgehead atoms.